The number of aromatic nitrogens is 2. The number of aliphatic hydroxyl groups is 1. The maximum atomic E-state index is 12.7. The predicted octanol–water partition coefficient (Wildman–Crippen LogP) is 2.34. The van der Waals surface area contributed by atoms with Gasteiger partial charge in [-0.3, -0.25) is 19.5 Å². The smallest absolute Gasteiger partial charge is 0.251 e. The first kappa shape index (κ1) is 18.2. The van der Waals surface area contributed by atoms with Gasteiger partial charge in [0.15, 0.2) is 0 Å². The Hall–Kier alpha value is -3.19. The number of benzene rings is 2. The van der Waals surface area contributed by atoms with Crippen molar-refractivity contribution in [2.45, 2.75) is 25.4 Å². The summed E-state index contributed by atoms with van der Waals surface area (Å²) in [4.78, 5) is 30.9. The highest BCUT2D eigenvalue weighted by atomic mass is 16.3. The summed E-state index contributed by atoms with van der Waals surface area (Å²) in [6.45, 7) is 0.367. The van der Waals surface area contributed by atoms with Gasteiger partial charge in [-0.15, -0.1) is 0 Å². The minimum atomic E-state index is -1.02. The van der Waals surface area contributed by atoms with Gasteiger partial charge in [-0.25, -0.2) is 4.98 Å². The number of fused-ring (bicyclic) bond motifs is 1. The summed E-state index contributed by atoms with van der Waals surface area (Å²) < 4.78 is 1.88. The molecule has 1 atom stereocenters. The van der Waals surface area contributed by atoms with Crippen LogP contribution in [0.5, 0.6) is 0 Å². The van der Waals surface area contributed by atoms with Gasteiger partial charge in [-0.1, -0.05) is 30.3 Å². The van der Waals surface area contributed by atoms with Crippen LogP contribution in [0.1, 0.15) is 19.3 Å². The zero-order valence-corrected chi connectivity index (χ0v) is 15.4. The third-order valence-electron chi connectivity index (χ3n) is 4.91. The molecule has 1 aromatic heterocycles. The van der Waals surface area contributed by atoms with Crippen molar-refractivity contribution in [2.75, 3.05) is 18.4 Å². The average Bonchev–Trinajstić information content (AvgIpc) is 2.99. The molecule has 2 amide bonds. The number of anilines is 1. The minimum Gasteiger partial charge on any atom is -0.383 e. The number of nitrogens with zero attached hydrogens (tertiary/aromatic N) is 3. The summed E-state index contributed by atoms with van der Waals surface area (Å²) in [6, 6.07) is 17.3. The molecule has 1 fully saturated rings. The van der Waals surface area contributed by atoms with Crippen LogP contribution in [-0.4, -0.2) is 50.6 Å². The number of hydrogen-bond acceptors (Lipinski definition) is 4. The van der Waals surface area contributed by atoms with Crippen molar-refractivity contribution in [1.82, 2.24) is 14.5 Å². The summed E-state index contributed by atoms with van der Waals surface area (Å²) >= 11 is 0. The van der Waals surface area contributed by atoms with Gasteiger partial charge in [0.1, 0.15) is 12.6 Å². The third kappa shape index (κ3) is 3.61. The second kappa shape index (κ2) is 7.82. The van der Waals surface area contributed by atoms with Crippen LogP contribution in [0, 0.1) is 0 Å². The highest BCUT2D eigenvalue weighted by molar-refractivity contribution is 5.96. The average molecular weight is 378 g/mol. The number of aliphatic hydroxyl groups excluding tert-OH is 1. The van der Waals surface area contributed by atoms with Crippen LogP contribution in [-0.2, 0) is 9.59 Å². The second-order valence-corrected chi connectivity index (χ2v) is 6.91. The number of para-hydroxylation sites is 3. The molecule has 0 aliphatic carbocycles. The monoisotopic (exact) mass is 378 g/mol. The van der Waals surface area contributed by atoms with Gasteiger partial charge >= 0.3 is 0 Å². The van der Waals surface area contributed by atoms with Crippen molar-refractivity contribution in [3.05, 3.63) is 54.6 Å². The highest BCUT2D eigenvalue weighted by Gasteiger charge is 2.27. The fraction of sp³-hybridized carbons (Fsp3) is 0.286. The topological polar surface area (TPSA) is 87.5 Å². The standard InChI is InChI=1S/C21H22N4O3/c26-18-12-6-7-13-24(20(18)28)14-19(27)23-21-22-16-10-4-5-11-17(16)25(21)15-8-2-1-3-9-15/h1-5,8-11,18,26H,6-7,12-14H2,(H,22,23,27). The van der Waals surface area contributed by atoms with Crippen molar-refractivity contribution >= 4 is 28.8 Å². The first-order chi connectivity index (χ1) is 13.6. The van der Waals surface area contributed by atoms with E-state index in [-0.39, 0.29) is 18.4 Å². The molecule has 144 valence electrons. The second-order valence-electron chi connectivity index (χ2n) is 6.91. The molecule has 0 saturated carbocycles. The number of rotatable bonds is 4. The number of carbonyl (C=O) groups excluding carboxylic acids is 2. The fourth-order valence-electron chi connectivity index (χ4n) is 3.53. The molecular weight excluding hydrogens is 356 g/mol. The van der Waals surface area contributed by atoms with Crippen molar-refractivity contribution in [3.63, 3.8) is 0 Å². The number of carbonyl (C=O) groups is 2. The van der Waals surface area contributed by atoms with E-state index in [9.17, 15) is 14.7 Å². The largest absolute Gasteiger partial charge is 0.383 e. The molecule has 1 aliphatic rings. The molecule has 3 aromatic rings. The SMILES string of the molecule is O=C(CN1CCCCC(O)C1=O)Nc1nc2ccccc2n1-c1ccccc1. The first-order valence-electron chi connectivity index (χ1n) is 9.43. The molecule has 0 radical (unpaired) electrons. The van der Waals surface area contributed by atoms with Crippen LogP contribution >= 0.6 is 0 Å². The van der Waals surface area contributed by atoms with Crippen LogP contribution in [0.3, 0.4) is 0 Å². The van der Waals surface area contributed by atoms with E-state index in [1.165, 1.54) is 4.90 Å². The van der Waals surface area contributed by atoms with Crippen LogP contribution in [0.4, 0.5) is 5.95 Å². The summed E-state index contributed by atoms with van der Waals surface area (Å²) in [5.74, 6) is -0.320. The van der Waals surface area contributed by atoms with Gasteiger partial charge in [0.25, 0.3) is 5.91 Å². The number of nitrogens with one attached hydrogen (secondary N) is 1. The van der Waals surface area contributed by atoms with Crippen LogP contribution < -0.4 is 5.32 Å². The number of likely N-dealkylation sites (tertiary alicyclic amines) is 1. The lowest BCUT2D eigenvalue weighted by atomic mass is 10.2. The van der Waals surface area contributed by atoms with E-state index in [0.29, 0.717) is 18.9 Å². The van der Waals surface area contributed by atoms with Gasteiger partial charge in [0.2, 0.25) is 11.9 Å². The number of hydrogen-bond donors (Lipinski definition) is 2. The summed E-state index contributed by atoms with van der Waals surface area (Å²) in [5.41, 5.74) is 2.53. The van der Waals surface area contributed by atoms with E-state index in [4.69, 9.17) is 0 Å². The van der Waals surface area contributed by atoms with Gasteiger partial charge in [-0.2, -0.15) is 0 Å². The lowest BCUT2D eigenvalue weighted by molar-refractivity contribution is -0.141. The predicted molar refractivity (Wildman–Crippen MR) is 106 cm³/mol. The maximum absolute atomic E-state index is 12.7. The Morgan fingerprint density at radius 3 is 2.68 bits per heavy atom. The Labute approximate surface area is 162 Å². The first-order valence-corrected chi connectivity index (χ1v) is 9.43. The number of amides is 2. The Kier molecular flexibility index (Phi) is 5.08. The molecule has 7 nitrogen and oxygen atoms in total. The van der Waals surface area contributed by atoms with Crippen molar-refractivity contribution in [1.29, 1.82) is 0 Å². The molecule has 2 aromatic carbocycles. The Morgan fingerprint density at radius 1 is 1.11 bits per heavy atom. The van der Waals surface area contributed by atoms with E-state index in [0.717, 1.165) is 29.6 Å². The normalized spacial score (nSPS) is 17.5. The zero-order valence-electron chi connectivity index (χ0n) is 15.4. The zero-order chi connectivity index (χ0) is 19.5. The molecule has 1 aliphatic heterocycles. The third-order valence-corrected chi connectivity index (χ3v) is 4.91. The Bertz CT molecular complexity index is 999. The van der Waals surface area contributed by atoms with Crippen molar-refractivity contribution in [3.8, 4) is 5.69 Å². The van der Waals surface area contributed by atoms with Gasteiger partial charge in [0, 0.05) is 12.2 Å². The van der Waals surface area contributed by atoms with E-state index in [1.807, 2.05) is 59.2 Å². The molecule has 2 N–H and O–H groups in total. The molecule has 0 bridgehead atoms. The maximum Gasteiger partial charge on any atom is 0.251 e. The van der Waals surface area contributed by atoms with Crippen LogP contribution in [0.25, 0.3) is 16.7 Å². The van der Waals surface area contributed by atoms with Crippen molar-refractivity contribution < 1.29 is 14.7 Å². The fourth-order valence-corrected chi connectivity index (χ4v) is 3.53. The molecule has 4 rings (SSSR count). The lowest BCUT2D eigenvalue weighted by Gasteiger charge is -2.21. The molecule has 2 heterocycles. The summed E-state index contributed by atoms with van der Waals surface area (Å²) in [7, 11) is 0. The van der Waals surface area contributed by atoms with Gasteiger partial charge in [0.05, 0.1) is 11.0 Å². The molecule has 28 heavy (non-hydrogen) atoms. The lowest BCUT2D eigenvalue weighted by Crippen LogP contribution is -2.42. The highest BCUT2D eigenvalue weighted by Crippen LogP contribution is 2.24. The molecule has 1 unspecified atom stereocenters. The van der Waals surface area contributed by atoms with Gasteiger partial charge < -0.3 is 10.0 Å². The molecule has 0 spiro atoms. The summed E-state index contributed by atoms with van der Waals surface area (Å²) in [5, 5.41) is 12.7. The van der Waals surface area contributed by atoms with E-state index < -0.39 is 6.10 Å². The van der Waals surface area contributed by atoms with E-state index in [2.05, 4.69) is 10.3 Å². The Morgan fingerprint density at radius 2 is 1.86 bits per heavy atom. The number of imidazole rings is 1. The van der Waals surface area contributed by atoms with E-state index >= 15 is 0 Å². The van der Waals surface area contributed by atoms with Crippen LogP contribution in [0.15, 0.2) is 54.6 Å². The molecule has 7 heteroatoms. The Balaban J connectivity index is 1.61. The van der Waals surface area contributed by atoms with Gasteiger partial charge in [-0.05, 0) is 43.5 Å². The molecule has 1 saturated heterocycles. The molecular formula is C21H22N4O3. The minimum absolute atomic E-state index is 0.103. The quantitative estimate of drug-likeness (QED) is 0.729. The van der Waals surface area contributed by atoms with E-state index in [1.54, 1.807) is 0 Å². The van der Waals surface area contributed by atoms with Crippen LogP contribution in [0.2, 0.25) is 0 Å². The van der Waals surface area contributed by atoms with Crippen molar-refractivity contribution in [2.24, 2.45) is 0 Å². The summed E-state index contributed by atoms with van der Waals surface area (Å²) in [6.07, 6.45) is 0.970.